The monoisotopic (exact) mass is 371 g/mol. The van der Waals surface area contributed by atoms with Crippen LogP contribution in [0.4, 0.5) is 0 Å². The van der Waals surface area contributed by atoms with Gasteiger partial charge in [0.25, 0.3) is 0 Å². The van der Waals surface area contributed by atoms with Crippen LogP contribution < -0.4 is 9.46 Å². The van der Waals surface area contributed by atoms with Gasteiger partial charge in [-0.25, -0.2) is 13.1 Å². The Hall–Kier alpha value is -1.45. The fourth-order valence-electron chi connectivity index (χ4n) is 2.22. The van der Waals surface area contributed by atoms with Gasteiger partial charge in [0.05, 0.1) is 25.2 Å². The van der Waals surface area contributed by atoms with Gasteiger partial charge in [-0.2, -0.15) is 0 Å². The maximum atomic E-state index is 12.5. The molecule has 2 aromatic rings. The highest BCUT2D eigenvalue weighted by Crippen LogP contribution is 2.24. The Labute approximate surface area is 146 Å². The lowest BCUT2D eigenvalue weighted by molar-refractivity contribution is 0.0328. The largest absolute Gasteiger partial charge is 0.497 e. The Morgan fingerprint density at radius 2 is 2.12 bits per heavy atom. The van der Waals surface area contributed by atoms with Gasteiger partial charge in [-0.15, -0.1) is 11.3 Å². The molecule has 2 N–H and O–H groups in total. The minimum absolute atomic E-state index is 0.0916. The molecule has 0 spiro atoms. The van der Waals surface area contributed by atoms with E-state index in [1.165, 1.54) is 24.5 Å². The zero-order valence-corrected chi connectivity index (χ0v) is 15.2. The molecule has 0 aliphatic heterocycles. The van der Waals surface area contributed by atoms with Gasteiger partial charge in [0.15, 0.2) is 0 Å². The van der Waals surface area contributed by atoms with Crippen LogP contribution in [0.5, 0.6) is 5.75 Å². The van der Waals surface area contributed by atoms with Gasteiger partial charge in [0, 0.05) is 11.4 Å². The minimum atomic E-state index is -3.67. The fourth-order valence-corrected chi connectivity index (χ4v) is 4.26. The summed E-state index contributed by atoms with van der Waals surface area (Å²) in [5.74, 6) is 0.606. The predicted molar refractivity (Wildman–Crippen MR) is 93.0 cm³/mol. The highest BCUT2D eigenvalue weighted by Gasteiger charge is 2.21. The molecule has 0 bridgehead atoms. The van der Waals surface area contributed by atoms with Gasteiger partial charge < -0.3 is 14.6 Å². The maximum Gasteiger partial charge on any atom is 0.240 e. The molecule has 0 saturated carbocycles. The third-order valence-electron chi connectivity index (χ3n) is 3.40. The molecule has 8 heteroatoms. The van der Waals surface area contributed by atoms with Gasteiger partial charge in [0.1, 0.15) is 11.9 Å². The molecule has 0 radical (unpaired) electrons. The van der Waals surface area contributed by atoms with Crippen LogP contribution in [0.15, 0.2) is 40.6 Å². The van der Waals surface area contributed by atoms with E-state index >= 15 is 0 Å². The molecular formula is C16H21NO5S2. The smallest absolute Gasteiger partial charge is 0.240 e. The first-order valence-corrected chi connectivity index (χ1v) is 9.74. The number of benzene rings is 1. The van der Waals surface area contributed by atoms with Crippen molar-refractivity contribution in [3.63, 3.8) is 0 Å². The van der Waals surface area contributed by atoms with Gasteiger partial charge in [-0.05, 0) is 42.1 Å². The number of hydrogen-bond donors (Lipinski definition) is 2. The second-order valence-electron chi connectivity index (χ2n) is 5.08. The Morgan fingerprint density at radius 3 is 2.71 bits per heavy atom. The van der Waals surface area contributed by atoms with Crippen LogP contribution in [0.3, 0.4) is 0 Å². The van der Waals surface area contributed by atoms with Crippen molar-refractivity contribution < 1.29 is 23.0 Å². The van der Waals surface area contributed by atoms with Crippen molar-refractivity contribution in [3.8, 4) is 5.75 Å². The van der Waals surface area contributed by atoms with E-state index < -0.39 is 16.1 Å². The first kappa shape index (κ1) is 18.9. The molecule has 1 atom stereocenters. The molecule has 6 nitrogen and oxygen atoms in total. The van der Waals surface area contributed by atoms with Crippen molar-refractivity contribution in [1.82, 2.24) is 4.72 Å². The van der Waals surface area contributed by atoms with Crippen LogP contribution in [0.25, 0.3) is 0 Å². The lowest BCUT2D eigenvalue weighted by atomic mass is 10.2. The van der Waals surface area contributed by atoms with Crippen LogP contribution in [0, 0.1) is 6.92 Å². The zero-order valence-electron chi connectivity index (χ0n) is 13.6. The van der Waals surface area contributed by atoms with Gasteiger partial charge in [-0.1, -0.05) is 6.07 Å². The summed E-state index contributed by atoms with van der Waals surface area (Å²) in [4.78, 5) is 1.10. The average molecular weight is 371 g/mol. The minimum Gasteiger partial charge on any atom is -0.497 e. The van der Waals surface area contributed by atoms with Crippen LogP contribution in [0.2, 0.25) is 0 Å². The van der Waals surface area contributed by atoms with E-state index in [9.17, 15) is 8.42 Å². The van der Waals surface area contributed by atoms with Gasteiger partial charge in [-0.3, -0.25) is 0 Å². The molecule has 1 aromatic heterocycles. The summed E-state index contributed by atoms with van der Waals surface area (Å²) in [5.41, 5.74) is 0.603. The van der Waals surface area contributed by atoms with Crippen molar-refractivity contribution in [2.45, 2.75) is 17.9 Å². The van der Waals surface area contributed by atoms with E-state index in [2.05, 4.69) is 4.72 Å². The number of aliphatic hydroxyl groups excluding tert-OH is 1. The van der Waals surface area contributed by atoms with E-state index in [4.69, 9.17) is 14.6 Å². The number of ether oxygens (including phenoxy) is 2. The number of methoxy groups -OCH3 is 1. The molecular weight excluding hydrogens is 350 g/mol. The topological polar surface area (TPSA) is 84.9 Å². The number of rotatable bonds is 9. The molecule has 2 rings (SSSR count). The molecule has 1 unspecified atom stereocenters. The van der Waals surface area contributed by atoms with E-state index in [0.717, 1.165) is 4.88 Å². The standard InChI is InChI=1S/C16H21NO5S2/c1-12-10-13(21-2)5-6-16(12)24(19,20)17-11-14(22-8-7-18)15-4-3-9-23-15/h3-6,9-10,14,17-18H,7-8,11H2,1-2H3. The predicted octanol–water partition coefficient (Wildman–Crippen LogP) is 2.09. The van der Waals surface area contributed by atoms with Crippen LogP contribution in [-0.2, 0) is 14.8 Å². The van der Waals surface area contributed by atoms with Crippen molar-refractivity contribution >= 4 is 21.4 Å². The third kappa shape index (κ3) is 4.78. The number of aryl methyl sites for hydroxylation is 1. The summed E-state index contributed by atoms with van der Waals surface area (Å²) >= 11 is 1.48. The molecule has 24 heavy (non-hydrogen) atoms. The van der Waals surface area contributed by atoms with Crippen molar-refractivity contribution in [2.75, 3.05) is 26.9 Å². The molecule has 132 valence electrons. The Balaban J connectivity index is 2.12. The van der Waals surface area contributed by atoms with Crippen molar-refractivity contribution in [2.24, 2.45) is 0 Å². The molecule has 1 heterocycles. The van der Waals surface area contributed by atoms with E-state index in [0.29, 0.717) is 11.3 Å². The summed E-state index contributed by atoms with van der Waals surface area (Å²) in [7, 11) is -2.14. The quantitative estimate of drug-likeness (QED) is 0.705. The average Bonchev–Trinajstić information content (AvgIpc) is 3.08. The van der Waals surface area contributed by atoms with E-state index in [1.807, 2.05) is 17.5 Å². The third-order valence-corrected chi connectivity index (χ3v) is 5.95. The van der Waals surface area contributed by atoms with E-state index in [-0.39, 0.29) is 24.7 Å². The number of sulfonamides is 1. The summed E-state index contributed by atoms with van der Waals surface area (Å²) in [5, 5.41) is 10.8. The van der Waals surface area contributed by atoms with Crippen molar-refractivity contribution in [3.05, 3.63) is 46.2 Å². The maximum absolute atomic E-state index is 12.5. The molecule has 0 saturated heterocycles. The van der Waals surface area contributed by atoms with Crippen molar-refractivity contribution in [1.29, 1.82) is 0 Å². The van der Waals surface area contributed by atoms with Crippen LogP contribution in [0.1, 0.15) is 16.5 Å². The number of thiophene rings is 1. The Bertz CT molecular complexity index is 744. The first-order chi connectivity index (χ1) is 11.5. The van der Waals surface area contributed by atoms with Crippen LogP contribution >= 0.6 is 11.3 Å². The number of hydrogen-bond acceptors (Lipinski definition) is 6. The summed E-state index contributed by atoms with van der Waals surface area (Å²) in [6.45, 7) is 1.84. The molecule has 1 aromatic carbocycles. The Morgan fingerprint density at radius 1 is 1.33 bits per heavy atom. The fraction of sp³-hybridized carbons (Fsp3) is 0.375. The number of aliphatic hydroxyl groups is 1. The summed E-state index contributed by atoms with van der Waals surface area (Å²) in [6, 6.07) is 8.55. The van der Waals surface area contributed by atoms with Gasteiger partial charge in [0.2, 0.25) is 10.0 Å². The molecule has 0 fully saturated rings. The van der Waals surface area contributed by atoms with Gasteiger partial charge >= 0.3 is 0 Å². The highest BCUT2D eigenvalue weighted by molar-refractivity contribution is 7.89. The highest BCUT2D eigenvalue weighted by atomic mass is 32.2. The molecule has 0 aliphatic rings. The lowest BCUT2D eigenvalue weighted by Crippen LogP contribution is -2.30. The SMILES string of the molecule is COc1ccc(S(=O)(=O)NCC(OCCO)c2cccs2)c(C)c1. The van der Waals surface area contributed by atoms with E-state index in [1.54, 1.807) is 19.1 Å². The zero-order chi connectivity index (χ0) is 17.6. The molecule has 0 amide bonds. The Kier molecular flexibility index (Phi) is 6.76. The second kappa shape index (κ2) is 8.59. The number of nitrogens with one attached hydrogen (secondary N) is 1. The summed E-state index contributed by atoms with van der Waals surface area (Å²) < 4.78 is 38.3. The molecule has 0 aliphatic carbocycles. The summed E-state index contributed by atoms with van der Waals surface area (Å²) in [6.07, 6.45) is -0.439. The first-order valence-electron chi connectivity index (χ1n) is 7.38. The lowest BCUT2D eigenvalue weighted by Gasteiger charge is -2.17. The normalized spacial score (nSPS) is 13.0. The van der Waals surface area contributed by atoms with Crippen LogP contribution in [-0.4, -0.2) is 40.4 Å². The second-order valence-corrected chi connectivity index (χ2v) is 7.80.